The van der Waals surface area contributed by atoms with Gasteiger partial charge in [-0.15, -0.1) is 0 Å². The number of amides is 2. The van der Waals surface area contributed by atoms with E-state index >= 15 is 0 Å². The second-order valence-electron chi connectivity index (χ2n) is 8.43. The van der Waals surface area contributed by atoms with Gasteiger partial charge < -0.3 is 20.0 Å². The molecule has 0 radical (unpaired) electrons. The molecule has 3 rings (SSSR count). The molecule has 0 bridgehead atoms. The van der Waals surface area contributed by atoms with E-state index in [9.17, 15) is 9.59 Å². The van der Waals surface area contributed by atoms with E-state index in [-0.39, 0.29) is 23.7 Å². The monoisotopic (exact) mass is 386 g/mol. The quantitative estimate of drug-likeness (QED) is 0.724. The van der Waals surface area contributed by atoms with Crippen LogP contribution in [0.2, 0.25) is 0 Å². The van der Waals surface area contributed by atoms with E-state index in [1.54, 1.807) is 0 Å². The van der Waals surface area contributed by atoms with Gasteiger partial charge in [-0.25, -0.2) is 0 Å². The summed E-state index contributed by atoms with van der Waals surface area (Å²) in [6, 6.07) is 6.40. The topological polar surface area (TPSA) is 55.9 Å². The van der Waals surface area contributed by atoms with E-state index in [0.717, 1.165) is 39.1 Å². The lowest BCUT2D eigenvalue weighted by atomic mass is 10.1. The Morgan fingerprint density at radius 3 is 2.50 bits per heavy atom. The number of hydrogen-bond acceptors (Lipinski definition) is 4. The number of rotatable bonds is 7. The van der Waals surface area contributed by atoms with Crippen molar-refractivity contribution in [3.05, 3.63) is 29.3 Å². The molecule has 1 heterocycles. The first kappa shape index (κ1) is 20.6. The van der Waals surface area contributed by atoms with E-state index in [4.69, 9.17) is 0 Å². The number of nitrogens with one attached hydrogen (secondary N) is 1. The number of hydrogen-bond donors (Lipinski definition) is 1. The minimum Gasteiger partial charge on any atom is -0.368 e. The fourth-order valence-corrected chi connectivity index (χ4v) is 3.98. The molecule has 154 valence electrons. The molecule has 1 N–H and O–H groups in total. The van der Waals surface area contributed by atoms with Gasteiger partial charge in [-0.1, -0.05) is 12.1 Å². The predicted molar refractivity (Wildman–Crippen MR) is 112 cm³/mol. The van der Waals surface area contributed by atoms with Crippen molar-refractivity contribution >= 4 is 17.5 Å². The molecule has 0 spiro atoms. The largest absolute Gasteiger partial charge is 0.368 e. The van der Waals surface area contributed by atoms with E-state index < -0.39 is 0 Å². The van der Waals surface area contributed by atoms with Crippen molar-refractivity contribution in [2.24, 2.45) is 11.8 Å². The minimum absolute atomic E-state index is 0.0473. The van der Waals surface area contributed by atoms with Crippen LogP contribution >= 0.6 is 0 Å². The zero-order valence-electron chi connectivity index (χ0n) is 17.7. The number of carbonyl (C=O) groups is 2. The SMILES string of the molecule is Cc1cccc(N2CCN(C(=O)C3CC3C(=O)NCCCN(C)C)CC2)c1C. The molecule has 2 aliphatic rings. The molecular weight excluding hydrogens is 352 g/mol. The molecule has 1 aliphatic carbocycles. The average molecular weight is 387 g/mol. The van der Waals surface area contributed by atoms with Crippen molar-refractivity contribution in [1.82, 2.24) is 15.1 Å². The number of benzene rings is 1. The maximum Gasteiger partial charge on any atom is 0.226 e. The van der Waals surface area contributed by atoms with Gasteiger partial charge in [-0.05, 0) is 64.5 Å². The summed E-state index contributed by atoms with van der Waals surface area (Å²) in [5.41, 5.74) is 3.89. The summed E-state index contributed by atoms with van der Waals surface area (Å²) in [6.45, 7) is 9.11. The third-order valence-electron chi connectivity index (χ3n) is 6.03. The van der Waals surface area contributed by atoms with Crippen LogP contribution in [0.1, 0.15) is 24.0 Å². The fraction of sp³-hybridized carbons (Fsp3) is 0.636. The summed E-state index contributed by atoms with van der Waals surface area (Å²) in [7, 11) is 4.05. The van der Waals surface area contributed by atoms with Crippen LogP contribution < -0.4 is 10.2 Å². The maximum atomic E-state index is 12.8. The first-order chi connectivity index (χ1) is 13.4. The van der Waals surface area contributed by atoms with Crippen molar-refractivity contribution in [3.63, 3.8) is 0 Å². The van der Waals surface area contributed by atoms with E-state index in [1.165, 1.54) is 16.8 Å². The summed E-state index contributed by atoms with van der Waals surface area (Å²) >= 11 is 0. The van der Waals surface area contributed by atoms with Crippen LogP contribution in [0.25, 0.3) is 0 Å². The van der Waals surface area contributed by atoms with Gasteiger partial charge in [0.15, 0.2) is 0 Å². The van der Waals surface area contributed by atoms with Crippen LogP contribution in [0.15, 0.2) is 18.2 Å². The van der Waals surface area contributed by atoms with Crippen LogP contribution in [0.4, 0.5) is 5.69 Å². The Balaban J connectivity index is 1.43. The highest BCUT2D eigenvalue weighted by Crippen LogP contribution is 2.40. The third-order valence-corrected chi connectivity index (χ3v) is 6.03. The van der Waals surface area contributed by atoms with Gasteiger partial charge in [0, 0.05) is 38.4 Å². The Morgan fingerprint density at radius 1 is 1.11 bits per heavy atom. The lowest BCUT2D eigenvalue weighted by Crippen LogP contribution is -2.49. The molecule has 1 saturated carbocycles. The number of carbonyl (C=O) groups excluding carboxylic acids is 2. The number of piperazine rings is 1. The van der Waals surface area contributed by atoms with Crippen LogP contribution in [0.3, 0.4) is 0 Å². The number of nitrogens with zero attached hydrogens (tertiary/aromatic N) is 3. The van der Waals surface area contributed by atoms with Gasteiger partial charge in [0.1, 0.15) is 0 Å². The van der Waals surface area contributed by atoms with Crippen LogP contribution in [0.5, 0.6) is 0 Å². The highest BCUT2D eigenvalue weighted by atomic mass is 16.2. The van der Waals surface area contributed by atoms with Gasteiger partial charge in [-0.3, -0.25) is 9.59 Å². The van der Waals surface area contributed by atoms with E-state index in [2.05, 4.69) is 47.2 Å². The lowest BCUT2D eigenvalue weighted by molar-refractivity contribution is -0.135. The molecule has 6 heteroatoms. The molecular formula is C22H34N4O2. The molecule has 1 aromatic carbocycles. The number of anilines is 1. The molecule has 0 aromatic heterocycles. The predicted octanol–water partition coefficient (Wildman–Crippen LogP) is 1.66. The van der Waals surface area contributed by atoms with Gasteiger partial charge in [0.25, 0.3) is 0 Å². The summed E-state index contributed by atoms with van der Waals surface area (Å²) in [5.74, 6) is -0.0230. The third kappa shape index (κ3) is 4.85. The normalized spacial score (nSPS) is 21.8. The average Bonchev–Trinajstić information content (AvgIpc) is 3.48. The van der Waals surface area contributed by atoms with Gasteiger partial charge in [0.2, 0.25) is 11.8 Å². The standard InChI is InChI=1S/C22H34N4O2/c1-16-7-5-8-20(17(16)2)25-11-13-26(14-12-25)22(28)19-15-18(19)21(27)23-9-6-10-24(3)4/h5,7-8,18-19H,6,9-15H2,1-4H3,(H,23,27). The molecule has 2 atom stereocenters. The van der Waals surface area contributed by atoms with E-state index in [0.29, 0.717) is 13.0 Å². The summed E-state index contributed by atoms with van der Waals surface area (Å²) < 4.78 is 0. The van der Waals surface area contributed by atoms with Crippen LogP contribution in [0, 0.1) is 25.7 Å². The van der Waals surface area contributed by atoms with Crippen molar-refractivity contribution in [2.45, 2.75) is 26.7 Å². The molecule has 28 heavy (non-hydrogen) atoms. The zero-order valence-corrected chi connectivity index (χ0v) is 17.7. The maximum absolute atomic E-state index is 12.8. The summed E-state index contributed by atoms with van der Waals surface area (Å²) in [6.07, 6.45) is 1.64. The number of aryl methyl sites for hydroxylation is 1. The van der Waals surface area contributed by atoms with Gasteiger partial charge >= 0.3 is 0 Å². The highest BCUT2D eigenvalue weighted by molar-refractivity contribution is 5.92. The lowest BCUT2D eigenvalue weighted by Gasteiger charge is -2.37. The minimum atomic E-state index is -0.121. The Bertz CT molecular complexity index is 710. The smallest absolute Gasteiger partial charge is 0.226 e. The second kappa shape index (κ2) is 8.95. The Morgan fingerprint density at radius 2 is 1.82 bits per heavy atom. The first-order valence-electron chi connectivity index (χ1n) is 10.4. The Kier molecular flexibility index (Phi) is 6.60. The zero-order chi connectivity index (χ0) is 20.3. The van der Waals surface area contributed by atoms with Crippen molar-refractivity contribution in [3.8, 4) is 0 Å². The molecule has 2 amide bonds. The Labute approximate surface area is 168 Å². The van der Waals surface area contributed by atoms with E-state index in [1.807, 2.05) is 19.0 Å². The van der Waals surface area contributed by atoms with Crippen LogP contribution in [-0.4, -0.2) is 75.0 Å². The van der Waals surface area contributed by atoms with Crippen LogP contribution in [-0.2, 0) is 9.59 Å². The van der Waals surface area contributed by atoms with Gasteiger partial charge in [-0.2, -0.15) is 0 Å². The molecule has 1 saturated heterocycles. The molecule has 2 fully saturated rings. The highest BCUT2D eigenvalue weighted by Gasteiger charge is 2.49. The van der Waals surface area contributed by atoms with Crippen molar-refractivity contribution in [1.29, 1.82) is 0 Å². The summed E-state index contributed by atoms with van der Waals surface area (Å²) in [4.78, 5) is 31.5. The van der Waals surface area contributed by atoms with Gasteiger partial charge in [0.05, 0.1) is 11.8 Å². The molecule has 1 aromatic rings. The second-order valence-corrected chi connectivity index (χ2v) is 8.43. The summed E-state index contributed by atoms with van der Waals surface area (Å²) in [5, 5.41) is 2.98. The van der Waals surface area contributed by atoms with Crippen molar-refractivity contribution < 1.29 is 9.59 Å². The first-order valence-corrected chi connectivity index (χ1v) is 10.4. The molecule has 1 aliphatic heterocycles. The molecule has 6 nitrogen and oxygen atoms in total. The van der Waals surface area contributed by atoms with Crippen molar-refractivity contribution in [2.75, 3.05) is 58.3 Å². The Hall–Kier alpha value is -2.08. The molecule has 2 unspecified atom stereocenters. The fourth-order valence-electron chi connectivity index (χ4n) is 3.98.